The smallest absolute Gasteiger partial charge is 0.186 e. The summed E-state index contributed by atoms with van der Waals surface area (Å²) in [5, 5.41) is 3.89. The summed E-state index contributed by atoms with van der Waals surface area (Å²) in [7, 11) is 0. The van der Waals surface area contributed by atoms with Crippen LogP contribution in [0.2, 0.25) is 0 Å². The van der Waals surface area contributed by atoms with Gasteiger partial charge in [0.25, 0.3) is 0 Å². The van der Waals surface area contributed by atoms with Gasteiger partial charge < -0.3 is 10.3 Å². The Morgan fingerprint density at radius 2 is 2.16 bits per heavy atom. The zero-order chi connectivity index (χ0) is 13.4. The standard InChI is InChI=1S/C14H13N3OS/c1-8-6-11(19-9(8)2)13-12(14(15)17-18-13)10-4-3-5-16-7-10/h3-7H,1-2H3,(H2,15,17). The van der Waals surface area contributed by atoms with E-state index in [9.17, 15) is 0 Å². The summed E-state index contributed by atoms with van der Waals surface area (Å²) < 4.78 is 5.41. The van der Waals surface area contributed by atoms with E-state index in [1.54, 1.807) is 23.7 Å². The van der Waals surface area contributed by atoms with Crippen molar-refractivity contribution in [1.82, 2.24) is 10.1 Å². The molecule has 0 aliphatic rings. The molecule has 0 spiro atoms. The van der Waals surface area contributed by atoms with Crippen molar-refractivity contribution in [3.8, 4) is 21.8 Å². The zero-order valence-corrected chi connectivity index (χ0v) is 11.5. The molecule has 96 valence electrons. The fourth-order valence-electron chi connectivity index (χ4n) is 1.95. The molecule has 0 unspecified atom stereocenters. The number of pyridine rings is 1. The Bertz CT molecular complexity index is 696. The van der Waals surface area contributed by atoms with Gasteiger partial charge in [-0.05, 0) is 31.5 Å². The Morgan fingerprint density at radius 1 is 1.32 bits per heavy atom. The maximum atomic E-state index is 5.93. The lowest BCUT2D eigenvalue weighted by Gasteiger charge is -1.99. The van der Waals surface area contributed by atoms with Crippen LogP contribution in [0.5, 0.6) is 0 Å². The molecule has 0 aliphatic heterocycles. The van der Waals surface area contributed by atoms with Gasteiger partial charge in [-0.1, -0.05) is 11.2 Å². The Morgan fingerprint density at radius 3 is 2.79 bits per heavy atom. The first-order chi connectivity index (χ1) is 9.16. The Kier molecular flexibility index (Phi) is 2.83. The summed E-state index contributed by atoms with van der Waals surface area (Å²) in [6.45, 7) is 4.17. The van der Waals surface area contributed by atoms with E-state index in [1.165, 1.54) is 10.4 Å². The molecule has 3 heterocycles. The highest BCUT2D eigenvalue weighted by molar-refractivity contribution is 7.15. The molecule has 0 fully saturated rings. The number of aromatic nitrogens is 2. The number of hydrogen-bond donors (Lipinski definition) is 1. The van der Waals surface area contributed by atoms with Crippen LogP contribution < -0.4 is 5.73 Å². The summed E-state index contributed by atoms with van der Waals surface area (Å²) in [5.74, 6) is 1.11. The lowest BCUT2D eigenvalue weighted by molar-refractivity contribution is 0.437. The lowest BCUT2D eigenvalue weighted by Crippen LogP contribution is -1.88. The molecule has 0 saturated heterocycles. The molecule has 0 aromatic carbocycles. The molecule has 0 radical (unpaired) electrons. The average molecular weight is 271 g/mol. The zero-order valence-electron chi connectivity index (χ0n) is 10.7. The minimum atomic E-state index is 0.395. The molecule has 19 heavy (non-hydrogen) atoms. The first-order valence-corrected chi connectivity index (χ1v) is 6.71. The number of aryl methyl sites for hydroxylation is 2. The number of anilines is 1. The van der Waals surface area contributed by atoms with Crippen LogP contribution in [-0.4, -0.2) is 10.1 Å². The van der Waals surface area contributed by atoms with E-state index in [2.05, 4.69) is 30.1 Å². The molecule has 0 amide bonds. The van der Waals surface area contributed by atoms with E-state index < -0.39 is 0 Å². The normalized spacial score (nSPS) is 10.8. The van der Waals surface area contributed by atoms with Crippen molar-refractivity contribution >= 4 is 17.2 Å². The fourth-order valence-corrected chi connectivity index (χ4v) is 2.96. The van der Waals surface area contributed by atoms with Crippen molar-refractivity contribution in [2.24, 2.45) is 0 Å². The second kappa shape index (κ2) is 4.51. The van der Waals surface area contributed by atoms with Gasteiger partial charge >= 0.3 is 0 Å². The van der Waals surface area contributed by atoms with Crippen molar-refractivity contribution in [2.45, 2.75) is 13.8 Å². The average Bonchev–Trinajstić information content (AvgIpc) is 2.95. The van der Waals surface area contributed by atoms with Crippen LogP contribution in [-0.2, 0) is 0 Å². The van der Waals surface area contributed by atoms with Crippen LogP contribution in [0.4, 0.5) is 5.82 Å². The Hall–Kier alpha value is -2.14. The predicted molar refractivity (Wildman–Crippen MR) is 76.9 cm³/mol. The van der Waals surface area contributed by atoms with Crippen molar-refractivity contribution in [3.63, 3.8) is 0 Å². The highest BCUT2D eigenvalue weighted by Gasteiger charge is 2.19. The number of hydrogen-bond acceptors (Lipinski definition) is 5. The number of nitrogen functional groups attached to an aromatic ring is 1. The molecular weight excluding hydrogens is 258 g/mol. The second-order valence-corrected chi connectivity index (χ2v) is 5.62. The highest BCUT2D eigenvalue weighted by Crippen LogP contribution is 2.40. The van der Waals surface area contributed by atoms with E-state index in [1.807, 2.05) is 12.1 Å². The highest BCUT2D eigenvalue weighted by atomic mass is 32.1. The van der Waals surface area contributed by atoms with Crippen LogP contribution in [0.25, 0.3) is 21.8 Å². The third-order valence-corrected chi connectivity index (χ3v) is 4.21. The summed E-state index contributed by atoms with van der Waals surface area (Å²) >= 11 is 1.68. The minimum absolute atomic E-state index is 0.395. The van der Waals surface area contributed by atoms with Crippen LogP contribution in [0.1, 0.15) is 10.4 Å². The summed E-state index contributed by atoms with van der Waals surface area (Å²) in [6.07, 6.45) is 3.49. The Labute approximate surface area is 114 Å². The molecule has 5 heteroatoms. The maximum Gasteiger partial charge on any atom is 0.186 e. The maximum absolute atomic E-state index is 5.93. The van der Waals surface area contributed by atoms with Crippen LogP contribution in [0.15, 0.2) is 35.1 Å². The topological polar surface area (TPSA) is 64.9 Å². The van der Waals surface area contributed by atoms with Gasteiger partial charge in [-0.2, -0.15) is 0 Å². The first-order valence-electron chi connectivity index (χ1n) is 5.89. The fraction of sp³-hybridized carbons (Fsp3) is 0.143. The van der Waals surface area contributed by atoms with Crippen molar-refractivity contribution in [1.29, 1.82) is 0 Å². The molecule has 3 aromatic rings. The number of rotatable bonds is 2. The second-order valence-electron chi connectivity index (χ2n) is 4.36. The van der Waals surface area contributed by atoms with E-state index in [-0.39, 0.29) is 0 Å². The SMILES string of the molecule is Cc1cc(-c2onc(N)c2-c2cccnc2)sc1C. The molecule has 3 aromatic heterocycles. The van der Waals surface area contributed by atoms with Crippen molar-refractivity contribution in [2.75, 3.05) is 5.73 Å². The van der Waals surface area contributed by atoms with Crippen LogP contribution in [0.3, 0.4) is 0 Å². The van der Waals surface area contributed by atoms with E-state index in [0.29, 0.717) is 11.6 Å². The third kappa shape index (κ3) is 2.02. The van der Waals surface area contributed by atoms with E-state index in [0.717, 1.165) is 16.0 Å². The lowest BCUT2D eigenvalue weighted by atomic mass is 10.1. The van der Waals surface area contributed by atoms with Gasteiger partial charge in [0.15, 0.2) is 11.6 Å². The quantitative estimate of drug-likeness (QED) is 0.772. The molecule has 2 N–H and O–H groups in total. The van der Waals surface area contributed by atoms with Crippen molar-refractivity contribution < 1.29 is 4.52 Å². The largest absolute Gasteiger partial charge is 0.380 e. The van der Waals surface area contributed by atoms with E-state index >= 15 is 0 Å². The van der Waals surface area contributed by atoms with E-state index in [4.69, 9.17) is 10.3 Å². The van der Waals surface area contributed by atoms with Crippen molar-refractivity contribution in [3.05, 3.63) is 41.0 Å². The molecule has 3 rings (SSSR count). The Balaban J connectivity index is 2.19. The molecular formula is C14H13N3OS. The van der Waals surface area contributed by atoms with Gasteiger partial charge in [-0.25, -0.2) is 0 Å². The molecule has 0 bridgehead atoms. The van der Waals surface area contributed by atoms with Gasteiger partial charge in [0.2, 0.25) is 0 Å². The van der Waals surface area contributed by atoms with Crippen LogP contribution in [0, 0.1) is 13.8 Å². The minimum Gasteiger partial charge on any atom is -0.380 e. The summed E-state index contributed by atoms with van der Waals surface area (Å²) in [6, 6.07) is 5.92. The predicted octanol–water partition coefficient (Wildman–Crippen LogP) is 3.66. The number of thiophene rings is 1. The molecule has 0 aliphatic carbocycles. The van der Waals surface area contributed by atoms with Gasteiger partial charge in [0.1, 0.15) is 0 Å². The summed E-state index contributed by atoms with van der Waals surface area (Å²) in [5.41, 5.74) is 8.90. The third-order valence-electron chi connectivity index (χ3n) is 3.06. The van der Waals surface area contributed by atoms with Gasteiger partial charge in [0.05, 0.1) is 10.4 Å². The molecule has 0 saturated carbocycles. The monoisotopic (exact) mass is 271 g/mol. The van der Waals surface area contributed by atoms with Gasteiger partial charge in [-0.3, -0.25) is 4.98 Å². The van der Waals surface area contributed by atoms with Crippen LogP contribution >= 0.6 is 11.3 Å². The number of nitrogens with zero attached hydrogens (tertiary/aromatic N) is 2. The number of nitrogens with two attached hydrogens (primary N) is 1. The van der Waals surface area contributed by atoms with Gasteiger partial charge in [-0.15, -0.1) is 11.3 Å². The van der Waals surface area contributed by atoms with Gasteiger partial charge in [0, 0.05) is 22.8 Å². The molecule has 0 atom stereocenters. The first kappa shape index (κ1) is 11.9. The molecule has 4 nitrogen and oxygen atoms in total. The summed E-state index contributed by atoms with van der Waals surface area (Å²) in [4.78, 5) is 6.42.